The molecule has 4 aromatic rings. The lowest BCUT2D eigenvalue weighted by Gasteiger charge is -2.07. The summed E-state index contributed by atoms with van der Waals surface area (Å²) in [5.41, 5.74) is 4.37. The lowest BCUT2D eigenvalue weighted by Crippen LogP contribution is -2.04. The highest BCUT2D eigenvalue weighted by Crippen LogP contribution is 2.24. The molecule has 0 aliphatic rings. The van der Waals surface area contributed by atoms with Crippen molar-refractivity contribution in [3.05, 3.63) is 65.5 Å². The molecular weight excluding hydrogens is 345 g/mol. The minimum Gasteiger partial charge on any atom is -0.481 e. The van der Waals surface area contributed by atoms with Gasteiger partial charge in [-0.05, 0) is 25.5 Å². The Hall–Kier alpha value is -3.22. The van der Waals surface area contributed by atoms with Gasteiger partial charge in [0.05, 0.1) is 19.3 Å². The summed E-state index contributed by atoms with van der Waals surface area (Å²) in [6.45, 7) is 4.53. The smallest absolute Gasteiger partial charge is 0.217 e. The highest BCUT2D eigenvalue weighted by atomic mass is 19.1. The number of nitrogens with zero attached hydrogens (tertiary/aromatic N) is 5. The first-order valence-electron chi connectivity index (χ1n) is 8.80. The molecule has 3 heterocycles. The molecule has 0 saturated heterocycles. The van der Waals surface area contributed by atoms with Crippen molar-refractivity contribution in [2.45, 2.75) is 26.8 Å². The number of hydrogen-bond donors (Lipinski definition) is 0. The van der Waals surface area contributed by atoms with Crippen LogP contribution in [0.2, 0.25) is 0 Å². The number of imidazole rings is 1. The number of hydrogen-bond acceptors (Lipinski definition) is 4. The fraction of sp³-hybridized carbons (Fsp3) is 0.250. The molecule has 0 saturated carbocycles. The summed E-state index contributed by atoms with van der Waals surface area (Å²) in [6, 6.07) is 8.30. The number of fused-ring (bicyclic) bond motifs is 1. The first-order valence-corrected chi connectivity index (χ1v) is 8.80. The predicted octanol–water partition coefficient (Wildman–Crippen LogP) is 3.66. The minimum absolute atomic E-state index is 0.284. The molecule has 0 radical (unpaired) electrons. The third-order valence-corrected chi connectivity index (χ3v) is 4.54. The monoisotopic (exact) mass is 365 g/mol. The van der Waals surface area contributed by atoms with Crippen LogP contribution in [0.15, 0.2) is 42.7 Å². The first kappa shape index (κ1) is 17.2. The van der Waals surface area contributed by atoms with Gasteiger partial charge in [0, 0.05) is 35.3 Å². The highest BCUT2D eigenvalue weighted by Gasteiger charge is 2.17. The Bertz CT molecular complexity index is 1110. The van der Waals surface area contributed by atoms with Gasteiger partial charge in [-0.3, -0.25) is 0 Å². The molecule has 0 N–H and O–H groups in total. The van der Waals surface area contributed by atoms with E-state index in [4.69, 9.17) is 9.84 Å². The molecule has 6 nitrogen and oxygen atoms in total. The molecule has 0 aliphatic heterocycles. The average Bonchev–Trinajstić information content (AvgIpc) is 3.25. The van der Waals surface area contributed by atoms with Crippen LogP contribution in [0.1, 0.15) is 23.9 Å². The highest BCUT2D eigenvalue weighted by molar-refractivity contribution is 5.56. The summed E-state index contributed by atoms with van der Waals surface area (Å²) in [7, 11) is 1.62. The molecule has 7 heteroatoms. The predicted molar refractivity (Wildman–Crippen MR) is 100 cm³/mol. The van der Waals surface area contributed by atoms with Gasteiger partial charge < -0.3 is 9.30 Å². The lowest BCUT2D eigenvalue weighted by molar-refractivity contribution is 0.383. The normalized spacial score (nSPS) is 11.3. The largest absolute Gasteiger partial charge is 0.481 e. The summed E-state index contributed by atoms with van der Waals surface area (Å²) in [4.78, 5) is 9.05. The SMILES string of the molecule is CCc1c(Cn2ccnc2-c2cccc(F)c2)nn2c(OC)cc(C)nc12. The second-order valence-corrected chi connectivity index (χ2v) is 6.34. The van der Waals surface area contributed by atoms with Crippen LogP contribution in [-0.4, -0.2) is 31.3 Å². The van der Waals surface area contributed by atoms with Gasteiger partial charge in [-0.1, -0.05) is 19.1 Å². The maximum absolute atomic E-state index is 13.6. The summed E-state index contributed by atoms with van der Waals surface area (Å²) in [5, 5.41) is 4.73. The molecule has 0 atom stereocenters. The van der Waals surface area contributed by atoms with Crippen LogP contribution in [0.4, 0.5) is 4.39 Å². The summed E-state index contributed by atoms with van der Waals surface area (Å²) < 4.78 is 22.8. The van der Waals surface area contributed by atoms with Crippen molar-refractivity contribution in [2.24, 2.45) is 0 Å². The van der Waals surface area contributed by atoms with Crippen molar-refractivity contribution in [3.8, 4) is 17.3 Å². The Kier molecular flexibility index (Phi) is 4.35. The van der Waals surface area contributed by atoms with Crippen LogP contribution in [-0.2, 0) is 13.0 Å². The quantitative estimate of drug-likeness (QED) is 0.542. The van der Waals surface area contributed by atoms with Crippen molar-refractivity contribution in [2.75, 3.05) is 7.11 Å². The van der Waals surface area contributed by atoms with Crippen LogP contribution in [0.25, 0.3) is 17.0 Å². The molecule has 0 unspecified atom stereocenters. The second kappa shape index (κ2) is 6.83. The van der Waals surface area contributed by atoms with Crippen LogP contribution < -0.4 is 4.74 Å². The zero-order chi connectivity index (χ0) is 19.0. The number of aryl methyl sites for hydroxylation is 2. The third-order valence-electron chi connectivity index (χ3n) is 4.54. The second-order valence-electron chi connectivity index (χ2n) is 6.34. The van der Waals surface area contributed by atoms with Gasteiger partial charge in [-0.25, -0.2) is 14.4 Å². The molecule has 3 aromatic heterocycles. The molecule has 0 bridgehead atoms. The van der Waals surface area contributed by atoms with Crippen LogP contribution in [0, 0.1) is 12.7 Å². The van der Waals surface area contributed by atoms with E-state index >= 15 is 0 Å². The number of rotatable bonds is 5. The van der Waals surface area contributed by atoms with Crippen molar-refractivity contribution in [1.29, 1.82) is 0 Å². The number of aromatic nitrogens is 5. The van der Waals surface area contributed by atoms with Gasteiger partial charge >= 0.3 is 0 Å². The zero-order valence-corrected chi connectivity index (χ0v) is 15.5. The maximum Gasteiger partial charge on any atom is 0.217 e. The van der Waals surface area contributed by atoms with Gasteiger partial charge in [-0.15, -0.1) is 0 Å². The van der Waals surface area contributed by atoms with Gasteiger partial charge in [0.2, 0.25) is 5.88 Å². The van der Waals surface area contributed by atoms with Crippen molar-refractivity contribution in [1.82, 2.24) is 24.1 Å². The maximum atomic E-state index is 13.6. The van der Waals surface area contributed by atoms with Gasteiger partial charge in [-0.2, -0.15) is 9.61 Å². The Balaban J connectivity index is 1.80. The fourth-order valence-corrected chi connectivity index (χ4v) is 3.31. The Morgan fingerprint density at radius 2 is 2.07 bits per heavy atom. The van der Waals surface area contributed by atoms with E-state index < -0.39 is 0 Å². The first-order chi connectivity index (χ1) is 13.1. The summed E-state index contributed by atoms with van der Waals surface area (Å²) in [6.07, 6.45) is 4.38. The van der Waals surface area contributed by atoms with Gasteiger partial charge in [0.25, 0.3) is 0 Å². The molecule has 0 aliphatic carbocycles. The van der Waals surface area contributed by atoms with Gasteiger partial charge in [0.1, 0.15) is 11.6 Å². The minimum atomic E-state index is -0.284. The van der Waals surface area contributed by atoms with Crippen LogP contribution in [0.5, 0.6) is 5.88 Å². The molecule has 4 rings (SSSR count). The molecular formula is C20H20FN5O. The zero-order valence-electron chi connectivity index (χ0n) is 15.5. The number of halogens is 1. The van der Waals surface area contributed by atoms with Crippen molar-refractivity contribution < 1.29 is 9.13 Å². The van der Waals surface area contributed by atoms with E-state index in [0.717, 1.165) is 34.6 Å². The van der Waals surface area contributed by atoms with E-state index in [2.05, 4.69) is 16.9 Å². The third kappa shape index (κ3) is 3.05. The van der Waals surface area contributed by atoms with E-state index in [-0.39, 0.29) is 5.82 Å². The van der Waals surface area contributed by atoms with Crippen LogP contribution >= 0.6 is 0 Å². The number of ether oxygens (including phenoxy) is 1. The molecule has 0 fully saturated rings. The molecule has 0 spiro atoms. The topological polar surface area (TPSA) is 57.2 Å². The molecule has 1 aromatic carbocycles. The van der Waals surface area contributed by atoms with Gasteiger partial charge in [0.15, 0.2) is 5.65 Å². The van der Waals surface area contributed by atoms with Crippen LogP contribution in [0.3, 0.4) is 0 Å². The van der Waals surface area contributed by atoms with E-state index in [1.807, 2.05) is 29.8 Å². The molecule has 0 amide bonds. The van der Waals surface area contributed by atoms with Crippen molar-refractivity contribution in [3.63, 3.8) is 0 Å². The van der Waals surface area contributed by atoms with E-state index in [1.165, 1.54) is 12.1 Å². The van der Waals surface area contributed by atoms with E-state index in [0.29, 0.717) is 18.2 Å². The van der Waals surface area contributed by atoms with Crippen molar-refractivity contribution >= 4 is 5.65 Å². The number of benzene rings is 1. The summed E-state index contributed by atoms with van der Waals surface area (Å²) >= 11 is 0. The molecule has 138 valence electrons. The fourth-order valence-electron chi connectivity index (χ4n) is 3.31. The Morgan fingerprint density at radius 3 is 2.81 bits per heavy atom. The Labute approximate surface area is 156 Å². The standard InChI is InChI=1S/C20H20FN5O/c1-4-16-17(24-26-18(27-3)10-13(2)23-20(16)26)12-25-9-8-22-19(25)14-6-5-7-15(21)11-14/h5-11H,4,12H2,1-3H3. The number of methoxy groups -OCH3 is 1. The summed E-state index contributed by atoms with van der Waals surface area (Å²) in [5.74, 6) is 1.06. The lowest BCUT2D eigenvalue weighted by atomic mass is 10.1. The van der Waals surface area contributed by atoms with E-state index in [9.17, 15) is 4.39 Å². The average molecular weight is 365 g/mol. The molecule has 27 heavy (non-hydrogen) atoms. The Morgan fingerprint density at radius 1 is 1.22 bits per heavy atom. The van der Waals surface area contributed by atoms with E-state index in [1.54, 1.807) is 23.9 Å².